The lowest BCUT2D eigenvalue weighted by Gasteiger charge is -2.25. The minimum Gasteiger partial charge on any atom is -0.481 e. The van der Waals surface area contributed by atoms with Crippen molar-refractivity contribution in [3.8, 4) is 0 Å². The molecule has 1 aliphatic rings. The number of amides is 1. The van der Waals surface area contributed by atoms with Gasteiger partial charge in [0.25, 0.3) is 0 Å². The number of carboxylic acids is 1. The van der Waals surface area contributed by atoms with E-state index in [1.807, 2.05) is 31.2 Å². The molecule has 0 spiro atoms. The lowest BCUT2D eigenvalue weighted by molar-refractivity contribution is -0.136. The van der Waals surface area contributed by atoms with Crippen molar-refractivity contribution in [1.82, 2.24) is 5.32 Å². The van der Waals surface area contributed by atoms with Crippen LogP contribution in [0.15, 0.2) is 24.3 Å². The Balaban J connectivity index is 2.16. The van der Waals surface area contributed by atoms with Crippen molar-refractivity contribution in [3.05, 3.63) is 29.8 Å². The Morgan fingerprint density at radius 2 is 2.05 bits per heavy atom. The molecular formula is C15H20N2O3. The largest absolute Gasteiger partial charge is 0.481 e. The number of benzene rings is 1. The van der Waals surface area contributed by atoms with Crippen LogP contribution in [0.4, 0.5) is 5.69 Å². The van der Waals surface area contributed by atoms with E-state index in [9.17, 15) is 9.59 Å². The van der Waals surface area contributed by atoms with Gasteiger partial charge in [0.1, 0.15) is 0 Å². The number of nitrogens with zero attached hydrogens (tertiary/aromatic N) is 1. The highest BCUT2D eigenvalue weighted by Crippen LogP contribution is 2.19. The van der Waals surface area contributed by atoms with Crippen LogP contribution in [0.2, 0.25) is 0 Å². The number of aliphatic carboxylic acids is 1. The van der Waals surface area contributed by atoms with Gasteiger partial charge in [-0.15, -0.1) is 0 Å². The van der Waals surface area contributed by atoms with E-state index in [0.29, 0.717) is 0 Å². The van der Waals surface area contributed by atoms with Crippen LogP contribution >= 0.6 is 0 Å². The maximum absolute atomic E-state index is 12.5. The summed E-state index contributed by atoms with van der Waals surface area (Å²) < 4.78 is 0. The SMILES string of the molecule is Cc1ccc(N(CCC(=O)O)C(=O)C2CCCN2)cc1. The van der Waals surface area contributed by atoms with Crippen LogP contribution in [-0.4, -0.2) is 36.1 Å². The van der Waals surface area contributed by atoms with E-state index in [-0.39, 0.29) is 24.9 Å². The third-order valence-electron chi connectivity index (χ3n) is 3.52. The molecule has 0 radical (unpaired) electrons. The van der Waals surface area contributed by atoms with Gasteiger partial charge in [0, 0.05) is 12.2 Å². The minimum atomic E-state index is -0.894. The van der Waals surface area contributed by atoms with E-state index >= 15 is 0 Å². The maximum atomic E-state index is 12.5. The molecule has 1 fully saturated rings. The number of hydrogen-bond donors (Lipinski definition) is 2. The number of carboxylic acid groups (broad SMARTS) is 1. The topological polar surface area (TPSA) is 69.6 Å². The molecule has 2 N–H and O–H groups in total. The number of rotatable bonds is 5. The predicted octanol–water partition coefficient (Wildman–Crippen LogP) is 1.55. The Morgan fingerprint density at radius 3 is 2.60 bits per heavy atom. The summed E-state index contributed by atoms with van der Waals surface area (Å²) in [6.45, 7) is 3.03. The van der Waals surface area contributed by atoms with Crippen LogP contribution in [-0.2, 0) is 9.59 Å². The quantitative estimate of drug-likeness (QED) is 0.856. The summed E-state index contributed by atoms with van der Waals surface area (Å²) in [5.74, 6) is -0.929. The first-order valence-electron chi connectivity index (χ1n) is 6.91. The molecule has 2 rings (SSSR count). The summed E-state index contributed by atoms with van der Waals surface area (Å²) in [4.78, 5) is 24.9. The first-order chi connectivity index (χ1) is 9.58. The lowest BCUT2D eigenvalue weighted by atomic mass is 10.1. The molecule has 1 heterocycles. The number of carbonyl (C=O) groups excluding carboxylic acids is 1. The van der Waals surface area contributed by atoms with Crippen LogP contribution in [0, 0.1) is 6.92 Å². The van der Waals surface area contributed by atoms with E-state index in [4.69, 9.17) is 5.11 Å². The van der Waals surface area contributed by atoms with Crippen LogP contribution in [0.25, 0.3) is 0 Å². The standard InChI is InChI=1S/C15H20N2O3/c1-11-4-6-12(7-5-11)17(10-8-14(18)19)15(20)13-3-2-9-16-13/h4-7,13,16H,2-3,8-10H2,1H3,(H,18,19). The third kappa shape index (κ3) is 3.57. The van der Waals surface area contributed by atoms with Gasteiger partial charge in [-0.3, -0.25) is 9.59 Å². The molecule has 0 aliphatic carbocycles. The van der Waals surface area contributed by atoms with Crippen molar-refractivity contribution in [2.75, 3.05) is 18.0 Å². The van der Waals surface area contributed by atoms with Gasteiger partial charge < -0.3 is 15.3 Å². The molecule has 1 amide bonds. The number of carbonyl (C=O) groups is 2. The summed E-state index contributed by atoms with van der Waals surface area (Å²) in [7, 11) is 0. The molecule has 0 bridgehead atoms. The van der Waals surface area contributed by atoms with E-state index < -0.39 is 5.97 Å². The zero-order valence-corrected chi connectivity index (χ0v) is 11.6. The second-order valence-corrected chi connectivity index (χ2v) is 5.12. The summed E-state index contributed by atoms with van der Waals surface area (Å²) in [5, 5.41) is 12.0. The first kappa shape index (κ1) is 14.5. The molecule has 1 aromatic carbocycles. The number of nitrogens with one attached hydrogen (secondary N) is 1. The van der Waals surface area contributed by atoms with Gasteiger partial charge in [-0.05, 0) is 38.4 Å². The normalized spacial score (nSPS) is 17.9. The number of hydrogen-bond acceptors (Lipinski definition) is 3. The van der Waals surface area contributed by atoms with Crippen LogP contribution in [0.3, 0.4) is 0 Å². The number of anilines is 1. The average molecular weight is 276 g/mol. The second-order valence-electron chi connectivity index (χ2n) is 5.12. The smallest absolute Gasteiger partial charge is 0.305 e. The maximum Gasteiger partial charge on any atom is 0.305 e. The Kier molecular flexibility index (Phi) is 4.74. The van der Waals surface area contributed by atoms with Gasteiger partial charge in [0.2, 0.25) is 5.91 Å². The summed E-state index contributed by atoms with van der Waals surface area (Å²) >= 11 is 0. The van der Waals surface area contributed by atoms with Crippen LogP contribution in [0.5, 0.6) is 0 Å². The van der Waals surface area contributed by atoms with Gasteiger partial charge in [0.15, 0.2) is 0 Å². The Morgan fingerprint density at radius 1 is 1.35 bits per heavy atom. The molecule has 1 aromatic rings. The first-order valence-corrected chi connectivity index (χ1v) is 6.91. The van der Waals surface area contributed by atoms with Crippen LogP contribution < -0.4 is 10.2 Å². The van der Waals surface area contributed by atoms with Gasteiger partial charge in [0.05, 0.1) is 12.5 Å². The molecule has 0 saturated carbocycles. The Bertz CT molecular complexity index is 478. The van der Waals surface area contributed by atoms with Crippen molar-refractivity contribution < 1.29 is 14.7 Å². The highest BCUT2D eigenvalue weighted by atomic mass is 16.4. The molecular weight excluding hydrogens is 256 g/mol. The highest BCUT2D eigenvalue weighted by molar-refractivity contribution is 5.97. The summed E-state index contributed by atoms with van der Waals surface area (Å²) in [6, 6.07) is 7.40. The van der Waals surface area contributed by atoms with Gasteiger partial charge in [-0.2, -0.15) is 0 Å². The fraction of sp³-hybridized carbons (Fsp3) is 0.467. The summed E-state index contributed by atoms with van der Waals surface area (Å²) in [6.07, 6.45) is 1.75. The van der Waals surface area contributed by atoms with Crippen LogP contribution in [0.1, 0.15) is 24.8 Å². The fourth-order valence-electron chi connectivity index (χ4n) is 2.38. The Labute approximate surface area is 118 Å². The van der Waals surface area contributed by atoms with E-state index in [2.05, 4.69) is 5.32 Å². The van der Waals surface area contributed by atoms with Crippen molar-refractivity contribution in [3.63, 3.8) is 0 Å². The molecule has 108 valence electrons. The Hall–Kier alpha value is -1.88. The molecule has 1 unspecified atom stereocenters. The minimum absolute atomic E-state index is 0.0346. The van der Waals surface area contributed by atoms with Gasteiger partial charge in [-0.25, -0.2) is 0 Å². The van der Waals surface area contributed by atoms with Gasteiger partial charge >= 0.3 is 5.97 Å². The summed E-state index contributed by atoms with van der Waals surface area (Å²) in [5.41, 5.74) is 1.87. The van der Waals surface area contributed by atoms with E-state index in [1.165, 1.54) is 0 Å². The molecule has 1 aliphatic heterocycles. The van der Waals surface area contributed by atoms with E-state index in [0.717, 1.165) is 30.6 Å². The molecule has 1 saturated heterocycles. The zero-order chi connectivity index (χ0) is 14.5. The highest BCUT2D eigenvalue weighted by Gasteiger charge is 2.27. The average Bonchev–Trinajstić information content (AvgIpc) is 2.94. The lowest BCUT2D eigenvalue weighted by Crippen LogP contribution is -2.44. The van der Waals surface area contributed by atoms with Crippen molar-refractivity contribution in [1.29, 1.82) is 0 Å². The predicted molar refractivity (Wildman–Crippen MR) is 76.8 cm³/mol. The van der Waals surface area contributed by atoms with Crippen molar-refractivity contribution in [2.24, 2.45) is 0 Å². The van der Waals surface area contributed by atoms with E-state index in [1.54, 1.807) is 4.90 Å². The third-order valence-corrected chi connectivity index (χ3v) is 3.52. The zero-order valence-electron chi connectivity index (χ0n) is 11.6. The molecule has 20 heavy (non-hydrogen) atoms. The molecule has 5 nitrogen and oxygen atoms in total. The number of aryl methyl sites for hydroxylation is 1. The van der Waals surface area contributed by atoms with Crippen molar-refractivity contribution >= 4 is 17.6 Å². The molecule has 5 heteroatoms. The molecule has 0 aromatic heterocycles. The van der Waals surface area contributed by atoms with Crippen molar-refractivity contribution in [2.45, 2.75) is 32.2 Å². The molecule has 1 atom stereocenters. The fourth-order valence-corrected chi connectivity index (χ4v) is 2.38. The van der Waals surface area contributed by atoms with Gasteiger partial charge in [-0.1, -0.05) is 17.7 Å². The monoisotopic (exact) mass is 276 g/mol. The second kappa shape index (κ2) is 6.52.